The van der Waals surface area contributed by atoms with Gasteiger partial charge in [-0.1, -0.05) is 51.3 Å². The Bertz CT molecular complexity index is 1120. The van der Waals surface area contributed by atoms with Crippen LogP contribution >= 0.6 is 0 Å². The molecule has 0 aliphatic carbocycles. The van der Waals surface area contributed by atoms with Crippen LogP contribution < -0.4 is 15.4 Å². The summed E-state index contributed by atoms with van der Waals surface area (Å²) in [6.45, 7) is 5.84. The summed E-state index contributed by atoms with van der Waals surface area (Å²) in [5, 5.41) is 24.9. The van der Waals surface area contributed by atoms with E-state index in [0.717, 1.165) is 19.3 Å². The zero-order valence-corrected chi connectivity index (χ0v) is 22.7. The van der Waals surface area contributed by atoms with Crippen molar-refractivity contribution >= 4 is 24.2 Å². The minimum absolute atomic E-state index is 0.128. The monoisotopic (exact) mass is 542 g/mol. The molecule has 11 heteroatoms. The maximum atomic E-state index is 12.9. The van der Waals surface area contributed by atoms with E-state index in [1.807, 2.05) is 6.92 Å². The van der Waals surface area contributed by atoms with Crippen LogP contribution in [0.4, 0.5) is 0 Å². The molecular formula is C28H38N4O7. The molecule has 4 N–H and O–H groups in total. The van der Waals surface area contributed by atoms with Gasteiger partial charge in [0, 0.05) is 11.1 Å². The van der Waals surface area contributed by atoms with E-state index in [4.69, 9.17) is 9.84 Å². The molecule has 0 fully saturated rings. The number of aromatic nitrogens is 1. The minimum Gasteiger partial charge on any atom is -0.494 e. The van der Waals surface area contributed by atoms with Gasteiger partial charge in [0.05, 0.1) is 37.4 Å². The quantitative estimate of drug-likeness (QED) is 0.0778. The third-order valence-corrected chi connectivity index (χ3v) is 6.28. The van der Waals surface area contributed by atoms with E-state index < -0.39 is 23.8 Å². The van der Waals surface area contributed by atoms with Gasteiger partial charge in [0.2, 0.25) is 12.3 Å². The van der Waals surface area contributed by atoms with Gasteiger partial charge in [-0.2, -0.15) is 0 Å². The Morgan fingerprint density at radius 1 is 1.10 bits per heavy atom. The fourth-order valence-electron chi connectivity index (χ4n) is 4.31. The average molecular weight is 543 g/mol. The average Bonchev–Trinajstić information content (AvgIpc) is 2.93. The second kappa shape index (κ2) is 16.1. The molecule has 212 valence electrons. The number of hydrogen-bond acceptors (Lipinski definition) is 7. The summed E-state index contributed by atoms with van der Waals surface area (Å²) in [6.07, 6.45) is 3.65. The van der Waals surface area contributed by atoms with Gasteiger partial charge >= 0.3 is 5.97 Å². The van der Waals surface area contributed by atoms with Crippen molar-refractivity contribution in [2.75, 3.05) is 13.3 Å². The summed E-state index contributed by atoms with van der Waals surface area (Å²) in [7, 11) is 0. The lowest BCUT2D eigenvalue weighted by atomic mass is 9.90. The van der Waals surface area contributed by atoms with Crippen molar-refractivity contribution in [2.24, 2.45) is 5.92 Å². The predicted molar refractivity (Wildman–Crippen MR) is 144 cm³/mol. The van der Waals surface area contributed by atoms with Gasteiger partial charge in [-0.05, 0) is 38.0 Å². The molecule has 0 saturated heterocycles. The first-order chi connectivity index (χ1) is 18.7. The van der Waals surface area contributed by atoms with Crippen LogP contribution in [-0.2, 0) is 20.8 Å². The first-order valence-corrected chi connectivity index (χ1v) is 13.2. The number of hydrogen-bond donors (Lipinski definition) is 4. The van der Waals surface area contributed by atoms with Gasteiger partial charge < -0.3 is 20.5 Å². The molecular weight excluding hydrogens is 504 g/mol. The summed E-state index contributed by atoms with van der Waals surface area (Å²) in [5.74, 6) is -2.03. The molecule has 2 rings (SSSR count). The number of carbonyl (C=O) groups excluding carboxylic acids is 3. The van der Waals surface area contributed by atoms with E-state index in [0.29, 0.717) is 53.5 Å². The van der Waals surface area contributed by atoms with E-state index in [2.05, 4.69) is 15.6 Å². The first-order valence-electron chi connectivity index (χ1n) is 13.2. The standard InChI is InChI=1S/C28H38N4O7/c1-4-7-8-10-21(24(5-2)32(38)18-33)27(36)29-17-30-28(37)23-12-9-11-22(31-23)19-13-14-20(16-26(34)35)25(15-19)39-6-3/h9,11-15,18,21,24,38H,4-8,10,16-17H2,1-3H3,(H,29,36)(H,30,37)(H,34,35)/t21-,24-/m1/s1. The number of pyridine rings is 1. The summed E-state index contributed by atoms with van der Waals surface area (Å²) in [5.41, 5.74) is 1.81. The summed E-state index contributed by atoms with van der Waals surface area (Å²) in [6, 6.07) is 9.34. The van der Waals surface area contributed by atoms with Crippen molar-refractivity contribution in [1.82, 2.24) is 20.7 Å². The van der Waals surface area contributed by atoms with Gasteiger partial charge in [-0.3, -0.25) is 24.4 Å². The van der Waals surface area contributed by atoms with E-state index in [9.17, 15) is 24.4 Å². The lowest BCUT2D eigenvalue weighted by molar-refractivity contribution is -0.168. The number of carboxylic acids is 1. The fraction of sp³-hybridized carbons (Fsp3) is 0.464. The normalized spacial score (nSPS) is 12.2. The molecule has 0 saturated carbocycles. The van der Waals surface area contributed by atoms with Crippen LogP contribution in [0, 0.1) is 5.92 Å². The molecule has 11 nitrogen and oxygen atoms in total. The lowest BCUT2D eigenvalue weighted by Gasteiger charge is -2.29. The number of carboxylic acid groups (broad SMARTS) is 1. The fourth-order valence-corrected chi connectivity index (χ4v) is 4.31. The van der Waals surface area contributed by atoms with Crippen molar-refractivity contribution in [3.8, 4) is 17.0 Å². The Labute approximate surface area is 228 Å². The molecule has 2 atom stereocenters. The highest BCUT2D eigenvalue weighted by molar-refractivity contribution is 5.93. The number of carbonyl (C=O) groups is 4. The lowest BCUT2D eigenvalue weighted by Crippen LogP contribution is -2.47. The third-order valence-electron chi connectivity index (χ3n) is 6.28. The Kier molecular flexibility index (Phi) is 12.9. The van der Waals surface area contributed by atoms with E-state index in [1.165, 1.54) is 6.07 Å². The van der Waals surface area contributed by atoms with Gasteiger partial charge in [0.25, 0.3) is 5.91 Å². The third kappa shape index (κ3) is 9.36. The van der Waals surface area contributed by atoms with Crippen LogP contribution in [0.5, 0.6) is 5.75 Å². The van der Waals surface area contributed by atoms with E-state index in [1.54, 1.807) is 44.2 Å². The Balaban J connectivity index is 2.09. The SMILES string of the molecule is CCCCC[C@@H](C(=O)NCNC(=O)c1cccc(-c2ccc(CC(=O)O)c(OCC)c2)n1)[C@@H](CC)N(O)C=O. The van der Waals surface area contributed by atoms with Gasteiger partial charge in [-0.15, -0.1) is 0 Å². The summed E-state index contributed by atoms with van der Waals surface area (Å²) >= 11 is 0. The number of aliphatic carboxylic acids is 1. The molecule has 0 spiro atoms. The highest BCUT2D eigenvalue weighted by atomic mass is 16.5. The van der Waals surface area contributed by atoms with Crippen molar-refractivity contribution < 1.29 is 34.2 Å². The molecule has 1 aromatic carbocycles. The molecule has 2 aromatic rings. The Morgan fingerprint density at radius 2 is 1.87 bits per heavy atom. The van der Waals surface area contributed by atoms with Crippen LogP contribution in [0.15, 0.2) is 36.4 Å². The maximum absolute atomic E-state index is 12.9. The van der Waals surface area contributed by atoms with Crippen LogP contribution in [0.2, 0.25) is 0 Å². The number of nitrogens with zero attached hydrogens (tertiary/aromatic N) is 2. The van der Waals surface area contributed by atoms with E-state index in [-0.39, 0.29) is 24.7 Å². The maximum Gasteiger partial charge on any atom is 0.307 e. The molecule has 1 aromatic heterocycles. The van der Waals surface area contributed by atoms with Crippen molar-refractivity contribution in [3.63, 3.8) is 0 Å². The molecule has 0 bridgehead atoms. The second-order valence-corrected chi connectivity index (χ2v) is 9.02. The largest absolute Gasteiger partial charge is 0.494 e. The smallest absolute Gasteiger partial charge is 0.307 e. The Morgan fingerprint density at radius 3 is 2.51 bits per heavy atom. The summed E-state index contributed by atoms with van der Waals surface area (Å²) < 4.78 is 5.60. The number of unbranched alkanes of at least 4 members (excludes halogenated alkanes) is 2. The van der Waals surface area contributed by atoms with Crippen molar-refractivity contribution in [1.29, 1.82) is 0 Å². The molecule has 0 aliphatic rings. The molecule has 0 unspecified atom stereocenters. The van der Waals surface area contributed by atoms with Crippen LogP contribution in [0.25, 0.3) is 11.3 Å². The number of ether oxygens (including phenoxy) is 1. The molecule has 0 radical (unpaired) electrons. The van der Waals surface area contributed by atoms with Crippen molar-refractivity contribution in [3.05, 3.63) is 47.7 Å². The number of nitrogens with one attached hydrogen (secondary N) is 2. The number of amides is 3. The van der Waals surface area contributed by atoms with Crippen molar-refractivity contribution in [2.45, 2.75) is 65.3 Å². The predicted octanol–water partition coefficient (Wildman–Crippen LogP) is 3.40. The molecule has 3 amide bonds. The number of hydroxylamine groups is 2. The topological polar surface area (TPSA) is 158 Å². The number of benzene rings is 1. The molecule has 39 heavy (non-hydrogen) atoms. The Hall–Kier alpha value is -3.99. The molecule has 0 aliphatic heterocycles. The van der Waals surface area contributed by atoms with Gasteiger partial charge in [0.15, 0.2) is 0 Å². The van der Waals surface area contributed by atoms with Crippen LogP contribution in [0.1, 0.15) is 68.9 Å². The van der Waals surface area contributed by atoms with Crippen LogP contribution in [-0.4, -0.2) is 63.9 Å². The second-order valence-electron chi connectivity index (χ2n) is 9.02. The zero-order chi connectivity index (χ0) is 28.8. The van der Waals surface area contributed by atoms with Gasteiger partial charge in [0.1, 0.15) is 11.4 Å². The summed E-state index contributed by atoms with van der Waals surface area (Å²) in [4.78, 5) is 52.4. The van der Waals surface area contributed by atoms with Gasteiger partial charge in [-0.25, -0.2) is 10.0 Å². The minimum atomic E-state index is -0.970. The highest BCUT2D eigenvalue weighted by Gasteiger charge is 2.30. The highest BCUT2D eigenvalue weighted by Crippen LogP contribution is 2.27. The zero-order valence-electron chi connectivity index (χ0n) is 22.7. The number of rotatable bonds is 17. The van der Waals surface area contributed by atoms with E-state index >= 15 is 0 Å². The molecule has 1 heterocycles. The van der Waals surface area contributed by atoms with Crippen LogP contribution in [0.3, 0.4) is 0 Å². The first kappa shape index (κ1) is 31.2.